The molecule has 0 nitrogen and oxygen atoms in total. The molecule has 0 N–H and O–H groups in total. The molecule has 0 spiro atoms. The lowest BCUT2D eigenvalue weighted by atomic mass is 9.81. The Labute approximate surface area is 593 Å². The van der Waals surface area contributed by atoms with Crippen LogP contribution in [0.2, 0.25) is 0 Å². The van der Waals surface area contributed by atoms with Crippen LogP contribution >= 0.6 is 11.6 Å². The first kappa shape index (κ1) is 121. The highest BCUT2D eigenvalue weighted by Gasteiger charge is 2.23. The maximum Gasteiger partial charge on any atom is 0.247 e. The largest absolute Gasteiger partial charge is 0.247 e. The topological polar surface area (TPSA) is 0 Å². The van der Waals surface area contributed by atoms with Crippen LogP contribution in [-0.2, 0) is 0 Å². The third kappa shape index (κ3) is 131. The van der Waals surface area contributed by atoms with Crippen LogP contribution in [0.5, 0.6) is 0 Å². The van der Waals surface area contributed by atoms with Gasteiger partial charge in [0.1, 0.15) is 0 Å². The molecule has 0 aromatic carbocycles. The van der Waals surface area contributed by atoms with Gasteiger partial charge in [-0.1, -0.05) is 439 Å². The summed E-state index contributed by atoms with van der Waals surface area (Å²) >= 11 is 5.65. The lowest BCUT2D eigenvalue weighted by molar-refractivity contribution is -0.0119. The van der Waals surface area contributed by atoms with E-state index in [0.717, 1.165) is 83.9 Å². The van der Waals surface area contributed by atoms with Crippen molar-refractivity contribution in [2.24, 2.45) is 87.3 Å². The zero-order chi connectivity index (χ0) is 75.6. The minimum absolute atomic E-state index is 0.0269. The van der Waals surface area contributed by atoms with Gasteiger partial charge in [-0.25, -0.2) is 8.78 Å². The average molecular weight is 1330 g/mol. The van der Waals surface area contributed by atoms with E-state index in [2.05, 4.69) is 291 Å². The highest BCUT2D eigenvalue weighted by atomic mass is 35.5. The fourth-order valence-electron chi connectivity index (χ4n) is 7.39. The van der Waals surface area contributed by atoms with Gasteiger partial charge in [0.2, 0.25) is 5.92 Å². The molecular formula is C88H199ClF2. The van der Waals surface area contributed by atoms with Gasteiger partial charge in [-0.2, -0.15) is 0 Å². The number of alkyl halides is 3. The van der Waals surface area contributed by atoms with Crippen LogP contribution in [0.3, 0.4) is 0 Å². The Morgan fingerprint density at radius 1 is 0.286 bits per heavy atom. The van der Waals surface area contributed by atoms with Crippen LogP contribution in [0.1, 0.15) is 478 Å². The standard InChI is InChI=1S/C9H20.3C8H18.4C7H16.C6H12F2.C6H14.C5H11Cl.2C5H12/c1-5-7-9(3,4)8-6-2;1-6-7(2)8(3,4)5;2*1-5-7(3)8(4)6-2;1-5-7(3,4)6-2;1-5-7(4)6(2)3;1-4-6-7(3)5-2;1-4-7(5-2)6-3;1-3-5-6(7,8)4-2;1-4-5-6(2)3;1-3-5(6)4-2;2*1-4-5(2)3/h5-8H2,1-4H3;7H,6H2,1-5H3;2*7-8H,5-6H2,1-4H3;5-6H2,1-4H3;6-7H,5H2,1-4H3;2*7H,4-6H2,1-3H3;3-5H2,1-2H3;6H,4-5H2,1-3H3;5H,3-4H2,1-2H3;2*5H,4H2,1-3H3. The van der Waals surface area contributed by atoms with Crippen molar-refractivity contribution in [3.8, 4) is 0 Å². The van der Waals surface area contributed by atoms with Gasteiger partial charge >= 0.3 is 0 Å². The van der Waals surface area contributed by atoms with Gasteiger partial charge < -0.3 is 0 Å². The predicted molar refractivity (Wildman–Crippen MR) is 438 cm³/mol. The number of hydrogen-bond donors (Lipinski definition) is 0. The van der Waals surface area contributed by atoms with E-state index in [4.69, 9.17) is 11.6 Å². The van der Waals surface area contributed by atoms with E-state index in [0.29, 0.717) is 28.0 Å². The number of rotatable bonds is 30. The van der Waals surface area contributed by atoms with Gasteiger partial charge in [0.15, 0.2) is 0 Å². The summed E-state index contributed by atoms with van der Waals surface area (Å²) in [5, 5.41) is 0.407. The van der Waals surface area contributed by atoms with Crippen molar-refractivity contribution in [3.05, 3.63) is 0 Å². The Bertz CT molecular complexity index is 1090. The molecule has 91 heavy (non-hydrogen) atoms. The highest BCUT2D eigenvalue weighted by Crippen LogP contribution is 2.29. The smallest absolute Gasteiger partial charge is 0.207 e. The number of halogens is 3. The van der Waals surface area contributed by atoms with Crippen LogP contribution in [-0.4, -0.2) is 11.3 Å². The summed E-state index contributed by atoms with van der Waals surface area (Å²) in [6.45, 7) is 98.3. The van der Waals surface area contributed by atoms with Crippen LogP contribution < -0.4 is 0 Å². The monoisotopic (exact) mass is 1330 g/mol. The lowest BCUT2D eigenvalue weighted by Gasteiger charge is -2.25. The molecule has 0 aliphatic rings. The Morgan fingerprint density at radius 2 is 0.571 bits per heavy atom. The normalized spacial score (nSPS) is 13.2. The molecular weight excluding hydrogens is 1130 g/mol. The number of hydrogen-bond acceptors (Lipinski definition) is 0. The Hall–Kier alpha value is 0.150. The van der Waals surface area contributed by atoms with Crippen molar-refractivity contribution in [2.75, 3.05) is 0 Å². The molecule has 0 amide bonds. The van der Waals surface area contributed by atoms with Gasteiger partial charge in [-0.3, -0.25) is 0 Å². The van der Waals surface area contributed by atoms with E-state index in [1.165, 1.54) is 148 Å². The molecule has 0 aromatic rings. The minimum Gasteiger partial charge on any atom is -0.207 e. The fraction of sp³-hybridized carbons (Fsp3) is 1.00. The second-order valence-electron chi connectivity index (χ2n) is 31.9. The SMILES string of the molecule is CCC(C)(C)CC.CCC(C)C.CCC(C)C.CCC(C)C(C)(C)C.CCC(C)C(C)C.CCC(C)C(C)CC.CCC(C)C(C)CC.CCC(CC)CC.CCC(Cl)CC.CCCC(C)(C)CCC.CCCC(C)C.CCCC(C)CC.CCCC(F)(F)CC. The van der Waals surface area contributed by atoms with Crippen molar-refractivity contribution in [3.63, 3.8) is 0 Å². The molecule has 3 heteroatoms. The Balaban J connectivity index is -0.0000000660. The first-order valence-corrected chi connectivity index (χ1v) is 41.2. The molecule has 0 aromatic heterocycles. The van der Waals surface area contributed by atoms with Gasteiger partial charge in [0.05, 0.1) is 0 Å². The summed E-state index contributed by atoms with van der Waals surface area (Å²) < 4.78 is 24.3. The molecule has 7 atom stereocenters. The van der Waals surface area contributed by atoms with Crippen molar-refractivity contribution in [1.82, 2.24) is 0 Å². The molecule has 0 bridgehead atoms. The molecule has 572 valence electrons. The summed E-state index contributed by atoms with van der Waals surface area (Å²) in [5.74, 6) is 8.48. The molecule has 0 heterocycles. The minimum atomic E-state index is -2.41. The van der Waals surface area contributed by atoms with Gasteiger partial charge in [0.25, 0.3) is 0 Å². The van der Waals surface area contributed by atoms with Crippen molar-refractivity contribution >= 4 is 11.6 Å². The summed E-state index contributed by atoms with van der Waals surface area (Å²) in [4.78, 5) is 0. The maximum atomic E-state index is 12.2. The van der Waals surface area contributed by atoms with Crippen LogP contribution in [0.15, 0.2) is 0 Å². The summed E-state index contributed by atoms with van der Waals surface area (Å²) in [6.07, 6.45) is 32.1. The third-order valence-electron chi connectivity index (χ3n) is 19.9. The van der Waals surface area contributed by atoms with Gasteiger partial charge in [0, 0.05) is 18.2 Å². The third-order valence-corrected chi connectivity index (χ3v) is 20.5. The Morgan fingerprint density at radius 3 is 0.626 bits per heavy atom. The lowest BCUT2D eigenvalue weighted by Crippen LogP contribution is -2.15. The molecule has 0 saturated heterocycles. The van der Waals surface area contributed by atoms with E-state index in [1.54, 1.807) is 6.92 Å². The van der Waals surface area contributed by atoms with Crippen molar-refractivity contribution in [1.29, 1.82) is 0 Å². The second kappa shape index (κ2) is 88.2. The molecule has 0 rings (SSSR count). The van der Waals surface area contributed by atoms with E-state index in [-0.39, 0.29) is 12.8 Å². The van der Waals surface area contributed by atoms with E-state index in [1.807, 2.05) is 0 Å². The first-order chi connectivity index (χ1) is 41.7. The Kier molecular flexibility index (Phi) is 118. The summed E-state index contributed by atoms with van der Waals surface area (Å²) in [6, 6.07) is 0. The summed E-state index contributed by atoms with van der Waals surface area (Å²) in [5.41, 5.74) is 1.69. The molecule has 0 aliphatic heterocycles. The fourth-order valence-corrected chi connectivity index (χ4v) is 7.39. The first-order valence-electron chi connectivity index (χ1n) is 40.8. The zero-order valence-corrected chi connectivity index (χ0v) is 74.5. The van der Waals surface area contributed by atoms with Crippen LogP contribution in [0.4, 0.5) is 8.78 Å². The van der Waals surface area contributed by atoms with Crippen molar-refractivity contribution in [2.45, 2.75) is 489 Å². The van der Waals surface area contributed by atoms with E-state index < -0.39 is 5.92 Å². The zero-order valence-electron chi connectivity index (χ0n) is 73.7. The molecule has 0 aliphatic carbocycles. The van der Waals surface area contributed by atoms with E-state index in [9.17, 15) is 8.78 Å². The van der Waals surface area contributed by atoms with Gasteiger partial charge in [-0.15, -0.1) is 11.6 Å². The molecule has 7 unspecified atom stereocenters. The van der Waals surface area contributed by atoms with E-state index >= 15 is 0 Å². The molecule has 0 radical (unpaired) electrons. The van der Waals surface area contributed by atoms with Crippen molar-refractivity contribution < 1.29 is 8.78 Å². The molecule has 0 saturated carbocycles. The van der Waals surface area contributed by atoms with Crippen LogP contribution in [0.25, 0.3) is 0 Å². The maximum absolute atomic E-state index is 12.2. The predicted octanol–water partition coefficient (Wildman–Crippen LogP) is 35.8. The summed E-state index contributed by atoms with van der Waals surface area (Å²) in [7, 11) is 0. The average Bonchev–Trinajstić information content (AvgIpc) is 3.69. The second-order valence-corrected chi connectivity index (χ2v) is 32.6. The quantitative estimate of drug-likeness (QED) is 0.0629. The highest BCUT2D eigenvalue weighted by molar-refractivity contribution is 6.20. The van der Waals surface area contributed by atoms with Crippen LogP contribution in [0, 0.1) is 87.3 Å². The molecule has 0 fully saturated rings. The van der Waals surface area contributed by atoms with Gasteiger partial charge in [-0.05, 0) is 113 Å².